The van der Waals surface area contributed by atoms with E-state index >= 15 is 0 Å². The van der Waals surface area contributed by atoms with Crippen molar-refractivity contribution in [2.45, 2.75) is 71.3 Å². The van der Waals surface area contributed by atoms with Gasteiger partial charge in [-0.25, -0.2) is 9.97 Å². The molecule has 8 nitrogen and oxygen atoms in total. The number of hydrogen-bond donors (Lipinski definition) is 3. The van der Waals surface area contributed by atoms with Gasteiger partial charge >= 0.3 is 6.18 Å². The third-order valence-corrected chi connectivity index (χ3v) is 5.44. The Labute approximate surface area is 183 Å². The molecular formula is C21H28F3N5O3. The van der Waals surface area contributed by atoms with Crippen molar-refractivity contribution >= 4 is 5.91 Å². The van der Waals surface area contributed by atoms with Gasteiger partial charge < -0.3 is 20.8 Å². The summed E-state index contributed by atoms with van der Waals surface area (Å²) in [4.78, 5) is 22.4. The lowest BCUT2D eigenvalue weighted by molar-refractivity contribution is -0.142. The molecule has 3 heterocycles. The molecule has 2 aromatic rings. The molecule has 176 valence electrons. The summed E-state index contributed by atoms with van der Waals surface area (Å²) in [5.74, 6) is -0.566. The highest BCUT2D eigenvalue weighted by molar-refractivity contribution is 5.77. The molecule has 0 bridgehead atoms. The molecule has 11 heteroatoms. The Hall–Kier alpha value is -2.82. The van der Waals surface area contributed by atoms with Crippen molar-refractivity contribution in [3.8, 4) is 11.8 Å². The molecule has 0 radical (unpaired) electrons. The maximum absolute atomic E-state index is 13.6. The van der Waals surface area contributed by atoms with Gasteiger partial charge in [-0.15, -0.1) is 0 Å². The molecule has 0 aromatic carbocycles. The zero-order chi connectivity index (χ0) is 24.0. The van der Waals surface area contributed by atoms with Gasteiger partial charge in [-0.2, -0.15) is 13.2 Å². The minimum absolute atomic E-state index is 0.00600. The highest BCUT2D eigenvalue weighted by atomic mass is 19.4. The molecule has 0 aliphatic carbocycles. The Bertz CT molecular complexity index is 1030. The van der Waals surface area contributed by atoms with Gasteiger partial charge in [-0.3, -0.25) is 9.36 Å². The molecule has 0 fully saturated rings. The molecule has 1 atom stereocenters. The topological polar surface area (TPSA) is 118 Å². The van der Waals surface area contributed by atoms with Crippen LogP contribution in [0.15, 0.2) is 6.07 Å². The van der Waals surface area contributed by atoms with E-state index < -0.39 is 23.3 Å². The Kier molecular flexibility index (Phi) is 6.16. The van der Waals surface area contributed by atoms with Crippen molar-refractivity contribution in [3.63, 3.8) is 0 Å². The second-order valence-corrected chi connectivity index (χ2v) is 9.22. The average molecular weight is 455 g/mol. The molecule has 0 spiro atoms. The summed E-state index contributed by atoms with van der Waals surface area (Å²) in [5.41, 5.74) is 5.12. The van der Waals surface area contributed by atoms with E-state index in [2.05, 4.69) is 9.97 Å². The van der Waals surface area contributed by atoms with Gasteiger partial charge in [0.25, 0.3) is 0 Å². The monoisotopic (exact) mass is 455 g/mol. The summed E-state index contributed by atoms with van der Waals surface area (Å²) >= 11 is 0. The lowest BCUT2D eigenvalue weighted by Gasteiger charge is -2.31. The van der Waals surface area contributed by atoms with Crippen molar-refractivity contribution in [2.75, 3.05) is 6.54 Å². The van der Waals surface area contributed by atoms with Crippen LogP contribution in [0.4, 0.5) is 13.2 Å². The highest BCUT2D eigenvalue weighted by Crippen LogP contribution is 2.35. The molecule has 32 heavy (non-hydrogen) atoms. The van der Waals surface area contributed by atoms with E-state index in [1.807, 2.05) is 0 Å². The summed E-state index contributed by atoms with van der Waals surface area (Å²) in [7, 11) is 0. The van der Waals surface area contributed by atoms with Crippen LogP contribution >= 0.6 is 0 Å². The molecule has 0 saturated carbocycles. The first-order valence-electron chi connectivity index (χ1n) is 10.3. The summed E-state index contributed by atoms with van der Waals surface area (Å²) < 4.78 is 42.1. The Morgan fingerprint density at radius 2 is 1.91 bits per heavy atom. The molecule has 0 saturated heterocycles. The third-order valence-electron chi connectivity index (χ3n) is 5.44. The third kappa shape index (κ3) is 4.82. The van der Waals surface area contributed by atoms with Crippen molar-refractivity contribution in [2.24, 2.45) is 5.73 Å². The van der Waals surface area contributed by atoms with Crippen molar-refractivity contribution < 1.29 is 28.2 Å². The van der Waals surface area contributed by atoms with Gasteiger partial charge in [0.2, 0.25) is 5.91 Å². The van der Waals surface area contributed by atoms with Gasteiger partial charge in [0, 0.05) is 48.2 Å². The number of fused-ring (bicyclic) bond motifs is 1. The predicted octanol–water partition coefficient (Wildman–Crippen LogP) is 2.62. The number of carbonyl (C=O) groups excluding carboxylic acids is 1. The first-order chi connectivity index (χ1) is 14.7. The van der Waals surface area contributed by atoms with Crippen LogP contribution in [0.3, 0.4) is 0 Å². The SMILES string of the molecule is Cc1cc(O)n(C[C@@H](N)CC(=O)N2CCc3c(nc(C(C)(C)C)nc3C(F)(F)F)C2)c1O. The summed E-state index contributed by atoms with van der Waals surface area (Å²) in [6.07, 6.45) is -4.72. The van der Waals surface area contributed by atoms with Crippen LogP contribution in [-0.2, 0) is 35.9 Å². The lowest BCUT2D eigenvalue weighted by Crippen LogP contribution is -2.41. The van der Waals surface area contributed by atoms with Gasteiger partial charge in [0.05, 0.1) is 12.2 Å². The second-order valence-electron chi connectivity index (χ2n) is 9.22. The van der Waals surface area contributed by atoms with Crippen LogP contribution in [0, 0.1) is 6.92 Å². The molecule has 3 rings (SSSR count). The quantitative estimate of drug-likeness (QED) is 0.653. The molecule has 1 amide bonds. The van der Waals surface area contributed by atoms with E-state index in [1.54, 1.807) is 27.7 Å². The number of rotatable bonds is 4. The van der Waals surface area contributed by atoms with Crippen LogP contribution < -0.4 is 5.73 Å². The maximum Gasteiger partial charge on any atom is 0.433 e. The standard InChI is InChI=1S/C21H28F3N5O3/c1-11-7-16(31)29(18(11)32)9-12(25)8-15(30)28-6-5-13-14(10-28)26-19(20(2,3)4)27-17(13)21(22,23)24/h7,12,31-32H,5-6,8-10,25H2,1-4H3/t12-/m0/s1. The van der Waals surface area contributed by atoms with E-state index in [0.29, 0.717) is 5.56 Å². The zero-order valence-corrected chi connectivity index (χ0v) is 18.5. The van der Waals surface area contributed by atoms with E-state index in [9.17, 15) is 28.2 Å². The van der Waals surface area contributed by atoms with Gasteiger partial charge in [0.15, 0.2) is 17.5 Å². The first-order valence-corrected chi connectivity index (χ1v) is 10.3. The number of hydrogen-bond acceptors (Lipinski definition) is 6. The molecule has 1 aliphatic rings. The molecule has 1 aliphatic heterocycles. The van der Waals surface area contributed by atoms with Crippen LogP contribution in [0.5, 0.6) is 11.8 Å². The van der Waals surface area contributed by atoms with Gasteiger partial charge in [-0.05, 0) is 13.3 Å². The van der Waals surface area contributed by atoms with Crippen LogP contribution in [0.2, 0.25) is 0 Å². The van der Waals surface area contributed by atoms with Gasteiger partial charge in [0.1, 0.15) is 5.82 Å². The number of aromatic nitrogens is 3. The number of amides is 1. The zero-order valence-electron chi connectivity index (χ0n) is 18.5. The number of aromatic hydroxyl groups is 2. The Morgan fingerprint density at radius 1 is 1.25 bits per heavy atom. The fourth-order valence-electron chi connectivity index (χ4n) is 3.70. The van der Waals surface area contributed by atoms with Crippen LogP contribution in [0.25, 0.3) is 0 Å². The van der Waals surface area contributed by atoms with Crippen LogP contribution in [0.1, 0.15) is 55.5 Å². The fraction of sp³-hybridized carbons (Fsp3) is 0.571. The summed E-state index contributed by atoms with van der Waals surface area (Å²) in [6.45, 7) is 6.86. The largest absolute Gasteiger partial charge is 0.494 e. The molecule has 0 unspecified atom stereocenters. The minimum Gasteiger partial charge on any atom is -0.494 e. The van der Waals surface area contributed by atoms with Crippen LogP contribution in [-0.4, -0.2) is 48.1 Å². The predicted molar refractivity (Wildman–Crippen MR) is 110 cm³/mol. The van der Waals surface area contributed by atoms with E-state index in [-0.39, 0.29) is 67.2 Å². The molecular weight excluding hydrogens is 427 g/mol. The normalized spacial score (nSPS) is 15.6. The highest BCUT2D eigenvalue weighted by Gasteiger charge is 2.40. The van der Waals surface area contributed by atoms with Gasteiger partial charge in [-0.1, -0.05) is 20.8 Å². The van der Waals surface area contributed by atoms with E-state index in [1.165, 1.54) is 15.5 Å². The smallest absolute Gasteiger partial charge is 0.433 e. The summed E-state index contributed by atoms with van der Waals surface area (Å²) in [6, 6.07) is 0.671. The number of nitrogens with zero attached hydrogens (tertiary/aromatic N) is 4. The maximum atomic E-state index is 13.6. The number of halogens is 3. The first kappa shape index (κ1) is 23.8. The molecule has 4 N–H and O–H groups in total. The summed E-state index contributed by atoms with van der Waals surface area (Å²) in [5, 5.41) is 19.9. The Balaban J connectivity index is 1.78. The minimum atomic E-state index is -4.61. The average Bonchev–Trinajstić information content (AvgIpc) is 2.91. The second kappa shape index (κ2) is 8.27. The number of carbonyl (C=O) groups is 1. The van der Waals surface area contributed by atoms with Crippen molar-refractivity contribution in [3.05, 3.63) is 34.4 Å². The van der Waals surface area contributed by atoms with E-state index in [4.69, 9.17) is 5.73 Å². The number of nitrogens with two attached hydrogens (primary N) is 1. The Morgan fingerprint density at radius 3 is 2.44 bits per heavy atom. The van der Waals surface area contributed by atoms with Crippen molar-refractivity contribution in [1.82, 2.24) is 19.4 Å². The number of alkyl halides is 3. The molecule has 2 aromatic heterocycles. The number of aryl methyl sites for hydroxylation is 1. The fourth-order valence-corrected chi connectivity index (χ4v) is 3.70. The van der Waals surface area contributed by atoms with E-state index in [0.717, 1.165) is 0 Å². The van der Waals surface area contributed by atoms with Crippen molar-refractivity contribution in [1.29, 1.82) is 0 Å². The lowest BCUT2D eigenvalue weighted by atomic mass is 9.93.